The SMILES string of the molecule is CCn1ccc(C(=O)N2CCN(Cc3ccco3)[C@@H]3CS(=O)(=O)C[C@@H]32)n1. The summed E-state index contributed by atoms with van der Waals surface area (Å²) in [4.78, 5) is 16.7. The zero-order valence-corrected chi connectivity index (χ0v) is 15.4. The van der Waals surface area contributed by atoms with Crippen LogP contribution >= 0.6 is 0 Å². The molecular formula is C17H22N4O4S. The minimum Gasteiger partial charge on any atom is -0.468 e. The highest BCUT2D eigenvalue weighted by molar-refractivity contribution is 7.91. The number of piperazine rings is 1. The molecule has 4 heterocycles. The Bertz CT molecular complexity index is 890. The first kappa shape index (κ1) is 17.3. The molecule has 8 nitrogen and oxygen atoms in total. The van der Waals surface area contributed by atoms with Gasteiger partial charge in [0.2, 0.25) is 0 Å². The number of carbonyl (C=O) groups is 1. The second-order valence-corrected chi connectivity index (χ2v) is 8.97. The first-order chi connectivity index (χ1) is 12.5. The first-order valence-corrected chi connectivity index (χ1v) is 10.6. The van der Waals surface area contributed by atoms with Gasteiger partial charge in [-0.05, 0) is 25.1 Å². The number of hydrogen-bond donors (Lipinski definition) is 0. The lowest BCUT2D eigenvalue weighted by atomic mass is 10.0. The summed E-state index contributed by atoms with van der Waals surface area (Å²) in [6.45, 7) is 4.28. The van der Waals surface area contributed by atoms with Crippen LogP contribution in [0.5, 0.6) is 0 Å². The van der Waals surface area contributed by atoms with Crippen LogP contribution in [0.25, 0.3) is 0 Å². The number of amides is 1. The second-order valence-electron chi connectivity index (χ2n) is 6.82. The van der Waals surface area contributed by atoms with Gasteiger partial charge in [-0.25, -0.2) is 8.42 Å². The molecule has 2 aromatic heterocycles. The molecule has 0 spiro atoms. The highest BCUT2D eigenvalue weighted by Gasteiger charge is 2.48. The summed E-state index contributed by atoms with van der Waals surface area (Å²) in [5.74, 6) is 0.689. The van der Waals surface area contributed by atoms with Crippen molar-refractivity contribution in [2.24, 2.45) is 0 Å². The monoisotopic (exact) mass is 378 g/mol. The van der Waals surface area contributed by atoms with Crippen LogP contribution in [0.2, 0.25) is 0 Å². The minimum atomic E-state index is -3.18. The van der Waals surface area contributed by atoms with Crippen LogP contribution in [0.15, 0.2) is 35.1 Å². The van der Waals surface area contributed by atoms with Crippen LogP contribution in [-0.4, -0.2) is 70.6 Å². The summed E-state index contributed by atoms with van der Waals surface area (Å²) in [7, 11) is -3.18. The number of sulfone groups is 1. The van der Waals surface area contributed by atoms with Gasteiger partial charge in [0.1, 0.15) is 11.5 Å². The van der Waals surface area contributed by atoms with Gasteiger partial charge in [-0.1, -0.05) is 0 Å². The van der Waals surface area contributed by atoms with Gasteiger partial charge in [-0.2, -0.15) is 5.10 Å². The molecule has 2 aromatic rings. The average Bonchev–Trinajstić information content (AvgIpc) is 3.33. The third kappa shape index (κ3) is 3.16. The van der Waals surface area contributed by atoms with E-state index in [0.717, 1.165) is 5.76 Å². The van der Waals surface area contributed by atoms with Gasteiger partial charge >= 0.3 is 0 Å². The molecule has 140 valence electrons. The lowest BCUT2D eigenvalue weighted by molar-refractivity contribution is 0.0280. The molecule has 0 unspecified atom stereocenters. The van der Waals surface area contributed by atoms with Gasteiger partial charge in [-0.15, -0.1) is 0 Å². The number of hydrogen-bond acceptors (Lipinski definition) is 6. The minimum absolute atomic E-state index is 0.00650. The van der Waals surface area contributed by atoms with E-state index in [-0.39, 0.29) is 29.5 Å². The molecule has 2 atom stereocenters. The Morgan fingerprint density at radius 1 is 1.27 bits per heavy atom. The van der Waals surface area contributed by atoms with Crippen molar-refractivity contribution < 1.29 is 17.6 Å². The third-order valence-corrected chi connectivity index (χ3v) is 6.87. The van der Waals surface area contributed by atoms with Crippen LogP contribution in [0.3, 0.4) is 0 Å². The van der Waals surface area contributed by atoms with Crippen molar-refractivity contribution in [3.05, 3.63) is 42.1 Å². The first-order valence-electron chi connectivity index (χ1n) is 8.78. The molecule has 0 bridgehead atoms. The molecule has 2 aliphatic rings. The lowest BCUT2D eigenvalue weighted by Gasteiger charge is -2.43. The van der Waals surface area contributed by atoms with Gasteiger partial charge in [0.25, 0.3) is 5.91 Å². The van der Waals surface area contributed by atoms with Crippen molar-refractivity contribution in [1.82, 2.24) is 19.6 Å². The molecule has 0 aromatic carbocycles. The molecule has 0 radical (unpaired) electrons. The highest BCUT2D eigenvalue weighted by Crippen LogP contribution is 2.29. The van der Waals surface area contributed by atoms with E-state index < -0.39 is 9.84 Å². The zero-order valence-electron chi connectivity index (χ0n) is 14.6. The van der Waals surface area contributed by atoms with Crippen LogP contribution < -0.4 is 0 Å². The Morgan fingerprint density at radius 2 is 2.08 bits per heavy atom. The molecule has 1 amide bonds. The highest BCUT2D eigenvalue weighted by atomic mass is 32.2. The summed E-state index contributed by atoms with van der Waals surface area (Å²) < 4.78 is 31.7. The number of nitrogens with zero attached hydrogens (tertiary/aromatic N) is 4. The Labute approximate surface area is 152 Å². The molecule has 2 aliphatic heterocycles. The van der Waals surface area contributed by atoms with E-state index in [1.54, 1.807) is 28.1 Å². The Kier molecular flexibility index (Phi) is 4.36. The van der Waals surface area contributed by atoms with Crippen molar-refractivity contribution in [3.8, 4) is 0 Å². The van der Waals surface area contributed by atoms with E-state index in [2.05, 4.69) is 10.00 Å². The van der Waals surface area contributed by atoms with Crippen molar-refractivity contribution in [1.29, 1.82) is 0 Å². The number of fused-ring (bicyclic) bond motifs is 1. The Balaban J connectivity index is 1.57. The van der Waals surface area contributed by atoms with E-state index in [9.17, 15) is 13.2 Å². The van der Waals surface area contributed by atoms with Crippen molar-refractivity contribution in [3.63, 3.8) is 0 Å². The molecule has 2 fully saturated rings. The topological polar surface area (TPSA) is 88.7 Å². The zero-order chi connectivity index (χ0) is 18.3. The van der Waals surface area contributed by atoms with Crippen molar-refractivity contribution >= 4 is 15.7 Å². The predicted octanol–water partition coefficient (Wildman–Crippen LogP) is 0.620. The predicted molar refractivity (Wildman–Crippen MR) is 94.3 cm³/mol. The van der Waals surface area contributed by atoms with Gasteiger partial charge in [-0.3, -0.25) is 14.4 Å². The van der Waals surface area contributed by atoms with E-state index >= 15 is 0 Å². The fourth-order valence-corrected chi connectivity index (χ4v) is 5.89. The number of furan rings is 1. The summed E-state index contributed by atoms with van der Waals surface area (Å²) in [6.07, 6.45) is 3.38. The average molecular weight is 378 g/mol. The maximum atomic E-state index is 12.9. The largest absolute Gasteiger partial charge is 0.468 e. The number of carbonyl (C=O) groups excluding carboxylic acids is 1. The van der Waals surface area contributed by atoms with Crippen molar-refractivity contribution in [2.75, 3.05) is 24.6 Å². The van der Waals surface area contributed by atoms with E-state index in [4.69, 9.17) is 4.42 Å². The molecule has 4 rings (SSSR count). The fraction of sp³-hybridized carbons (Fsp3) is 0.529. The molecule has 9 heteroatoms. The van der Waals surface area contributed by atoms with Crippen LogP contribution in [-0.2, 0) is 22.9 Å². The molecule has 0 N–H and O–H groups in total. The van der Waals surface area contributed by atoms with Gasteiger partial charge < -0.3 is 9.32 Å². The van der Waals surface area contributed by atoms with Crippen LogP contribution in [0.1, 0.15) is 23.2 Å². The fourth-order valence-electron chi connectivity index (χ4n) is 3.87. The van der Waals surface area contributed by atoms with E-state index in [1.165, 1.54) is 0 Å². The molecule has 0 saturated carbocycles. The number of aromatic nitrogens is 2. The number of rotatable bonds is 4. The maximum Gasteiger partial charge on any atom is 0.274 e. The van der Waals surface area contributed by atoms with E-state index in [1.807, 2.05) is 19.1 Å². The lowest BCUT2D eigenvalue weighted by Crippen LogP contribution is -2.60. The van der Waals surface area contributed by atoms with E-state index in [0.29, 0.717) is 31.9 Å². The van der Waals surface area contributed by atoms with Crippen molar-refractivity contribution in [2.45, 2.75) is 32.1 Å². The number of aryl methyl sites for hydroxylation is 1. The standard InChI is InChI=1S/C17H22N4O4S/c1-2-20-6-5-14(18-20)17(22)21-8-7-19(10-13-4-3-9-25-13)15-11-26(23,24)12-16(15)21/h3-6,9,15-16H,2,7-8,10-12H2,1H3/t15-,16+/m1/s1. The summed E-state index contributed by atoms with van der Waals surface area (Å²) in [5.41, 5.74) is 0.370. The van der Waals surface area contributed by atoms with Crippen LogP contribution in [0, 0.1) is 0 Å². The quantitative estimate of drug-likeness (QED) is 0.775. The third-order valence-electron chi connectivity index (χ3n) is 5.17. The molecular weight excluding hydrogens is 356 g/mol. The Morgan fingerprint density at radius 3 is 2.77 bits per heavy atom. The molecule has 2 saturated heterocycles. The smallest absolute Gasteiger partial charge is 0.274 e. The maximum absolute atomic E-state index is 12.9. The second kappa shape index (κ2) is 6.55. The van der Waals surface area contributed by atoms with Gasteiger partial charge in [0.05, 0.1) is 30.4 Å². The molecule has 26 heavy (non-hydrogen) atoms. The summed E-state index contributed by atoms with van der Waals surface area (Å²) in [6, 6.07) is 4.84. The summed E-state index contributed by atoms with van der Waals surface area (Å²) in [5, 5.41) is 4.28. The summed E-state index contributed by atoms with van der Waals surface area (Å²) >= 11 is 0. The normalized spacial score (nSPS) is 25.3. The Hall–Kier alpha value is -2.13. The van der Waals surface area contributed by atoms with Gasteiger partial charge in [0.15, 0.2) is 9.84 Å². The van der Waals surface area contributed by atoms with Gasteiger partial charge in [0, 0.05) is 31.9 Å². The molecule has 0 aliphatic carbocycles. The van der Waals surface area contributed by atoms with Crippen LogP contribution in [0.4, 0.5) is 0 Å².